The second-order valence-corrected chi connectivity index (χ2v) is 19.5. The van der Waals surface area contributed by atoms with Gasteiger partial charge in [0.2, 0.25) is 0 Å². The van der Waals surface area contributed by atoms with Gasteiger partial charge >= 0.3 is 0 Å². The number of aliphatic hydroxyl groups is 1. The second-order valence-electron chi connectivity index (χ2n) is 18.5. The lowest BCUT2D eigenvalue weighted by Crippen LogP contribution is -2.10. The van der Waals surface area contributed by atoms with Crippen LogP contribution in [0, 0.1) is 5.92 Å². The van der Waals surface area contributed by atoms with E-state index in [9.17, 15) is 5.11 Å². The lowest BCUT2D eigenvalue weighted by Gasteiger charge is -2.26. The number of aromatic nitrogens is 1. The van der Waals surface area contributed by atoms with Crippen LogP contribution in [0.1, 0.15) is 35.6 Å². The lowest BCUT2D eigenvalue weighted by molar-refractivity contribution is 0.442. The molecule has 0 saturated heterocycles. The summed E-state index contributed by atoms with van der Waals surface area (Å²) in [5.41, 5.74) is 18.3. The Hall–Kier alpha value is -8.86. The number of benzene rings is 8. The molecule has 2 aromatic heterocycles. The fourth-order valence-electron chi connectivity index (χ4n) is 10.6. The van der Waals surface area contributed by atoms with Crippen LogP contribution in [0.5, 0.6) is 5.75 Å². The van der Waals surface area contributed by atoms with Gasteiger partial charge in [-0.15, -0.1) is 17.1 Å². The molecule has 4 nitrogen and oxygen atoms in total. The van der Waals surface area contributed by atoms with E-state index in [0.29, 0.717) is 11.5 Å². The quantitative estimate of drug-likeness (QED) is 0.154. The Labute approximate surface area is 416 Å². The first-order chi connectivity index (χ1) is 34.9. The lowest BCUT2D eigenvalue weighted by atomic mass is 9.99. The second kappa shape index (κ2) is 17.3. The SMILES string of the molecule is C=C1/C=C\C=C(\c2ccc(N(c3ccc(C4=C(O)C(c5ccccc5)=C=C4)cc3)c3ccc(-c4cccc5c4sc4ccccc45)cc3)cc2)Oc2c1ccc1c2c2ccccc2n1C1=CC=CC(C)C1. The number of allylic oxidation sites excluding steroid dienone is 10. The van der Waals surface area contributed by atoms with E-state index < -0.39 is 0 Å². The summed E-state index contributed by atoms with van der Waals surface area (Å²) in [6, 6.07) is 64.2. The average Bonchev–Trinajstić information content (AvgIpc) is 4.10. The van der Waals surface area contributed by atoms with Crippen molar-refractivity contribution >= 4 is 98.6 Å². The normalized spacial score (nSPS) is 16.7. The van der Waals surface area contributed by atoms with Gasteiger partial charge in [0.1, 0.15) is 17.3 Å². The zero-order chi connectivity index (χ0) is 47.6. The van der Waals surface area contributed by atoms with Crippen LogP contribution in [0.15, 0.2) is 243 Å². The van der Waals surface area contributed by atoms with Crippen LogP contribution in [-0.4, -0.2) is 9.67 Å². The third-order valence-corrected chi connectivity index (χ3v) is 15.3. The van der Waals surface area contributed by atoms with Gasteiger partial charge in [0, 0.05) is 65.0 Å². The van der Waals surface area contributed by atoms with Crippen molar-refractivity contribution in [3.8, 4) is 16.9 Å². The fraction of sp³-hybridized carbons (Fsp3) is 0.0455. The molecule has 0 bridgehead atoms. The van der Waals surface area contributed by atoms with Crippen LogP contribution in [0.2, 0.25) is 0 Å². The number of aliphatic hydroxyl groups excluding tert-OH is 1. The zero-order valence-electron chi connectivity index (χ0n) is 39.0. The first kappa shape index (κ1) is 42.3. The molecule has 13 rings (SSSR count). The predicted molar refractivity (Wildman–Crippen MR) is 300 cm³/mol. The Bertz CT molecular complexity index is 4040. The number of hydrogen-bond acceptors (Lipinski definition) is 4. The van der Waals surface area contributed by atoms with Gasteiger partial charge in [0.05, 0.1) is 22.0 Å². The van der Waals surface area contributed by atoms with E-state index in [2.05, 4.69) is 205 Å². The zero-order valence-corrected chi connectivity index (χ0v) is 39.8. The Morgan fingerprint density at radius 1 is 0.620 bits per heavy atom. The molecule has 1 atom stereocenters. The van der Waals surface area contributed by atoms with Gasteiger partial charge in [-0.2, -0.15) is 0 Å². The molecule has 3 aliphatic rings. The van der Waals surface area contributed by atoms with Gasteiger partial charge in [0.15, 0.2) is 0 Å². The first-order valence-electron chi connectivity index (χ1n) is 24.1. The molecule has 71 heavy (non-hydrogen) atoms. The summed E-state index contributed by atoms with van der Waals surface area (Å²) in [5.74, 6) is 2.23. The number of rotatable bonds is 8. The molecular formula is C66H46N2O2S. The summed E-state index contributed by atoms with van der Waals surface area (Å²) >= 11 is 1.85. The van der Waals surface area contributed by atoms with Gasteiger partial charge in [-0.1, -0.05) is 147 Å². The summed E-state index contributed by atoms with van der Waals surface area (Å²) in [7, 11) is 0. The molecule has 0 amide bonds. The molecule has 10 aromatic rings. The molecule has 0 fully saturated rings. The van der Waals surface area contributed by atoms with Crippen molar-refractivity contribution in [1.29, 1.82) is 0 Å². The van der Waals surface area contributed by atoms with E-state index in [1.54, 1.807) is 0 Å². The summed E-state index contributed by atoms with van der Waals surface area (Å²) in [4.78, 5) is 2.28. The van der Waals surface area contributed by atoms with Gasteiger partial charge in [-0.3, -0.25) is 0 Å². The summed E-state index contributed by atoms with van der Waals surface area (Å²) in [6.45, 7) is 6.75. The van der Waals surface area contributed by atoms with Gasteiger partial charge in [-0.05, 0) is 131 Å². The fourth-order valence-corrected chi connectivity index (χ4v) is 11.8. The van der Waals surface area contributed by atoms with Crippen molar-refractivity contribution in [2.24, 2.45) is 5.92 Å². The number of hydrogen-bond donors (Lipinski definition) is 1. The van der Waals surface area contributed by atoms with Crippen LogP contribution < -0.4 is 9.64 Å². The molecule has 5 heteroatoms. The van der Waals surface area contributed by atoms with Gasteiger partial charge < -0.3 is 19.3 Å². The molecule has 0 radical (unpaired) electrons. The third kappa shape index (κ3) is 7.30. The number of fused-ring (bicyclic) bond motifs is 8. The van der Waals surface area contributed by atoms with Gasteiger partial charge in [-0.25, -0.2) is 0 Å². The van der Waals surface area contributed by atoms with Gasteiger partial charge in [0.25, 0.3) is 0 Å². The Morgan fingerprint density at radius 3 is 2.06 bits per heavy atom. The van der Waals surface area contributed by atoms with Crippen LogP contribution in [-0.2, 0) is 0 Å². The van der Waals surface area contributed by atoms with E-state index in [0.717, 1.165) is 95.8 Å². The van der Waals surface area contributed by atoms with Crippen LogP contribution >= 0.6 is 11.3 Å². The molecule has 1 unspecified atom stereocenters. The molecule has 1 aliphatic heterocycles. The maximum Gasteiger partial charge on any atom is 0.145 e. The summed E-state index contributed by atoms with van der Waals surface area (Å²) in [5, 5.41) is 16.2. The molecule has 1 N–H and O–H groups in total. The van der Waals surface area contributed by atoms with E-state index in [1.807, 2.05) is 59.9 Å². The van der Waals surface area contributed by atoms with Crippen LogP contribution in [0.3, 0.4) is 0 Å². The number of ether oxygens (including phenoxy) is 1. The predicted octanol–water partition coefficient (Wildman–Crippen LogP) is 18.3. The monoisotopic (exact) mass is 930 g/mol. The minimum Gasteiger partial charge on any atom is -0.506 e. The van der Waals surface area contributed by atoms with Crippen molar-refractivity contribution < 1.29 is 9.84 Å². The summed E-state index contributed by atoms with van der Waals surface area (Å²) < 4.78 is 12.2. The van der Waals surface area contributed by atoms with Crippen LogP contribution in [0.25, 0.3) is 81.3 Å². The standard InChI is InChI=1S/C66H46N2O2S/c1-42-13-10-17-51(41-42)68-59-22-8-6-19-58(59)63-60(68)40-39-52-43(2)14-11-23-61(70-65(52)63)47-29-35-50(36-30-47)67(48-31-25-45(26-32-48)54-38-37-53(64(54)69)44-15-4-3-5-16-44)49-33-27-46(28-34-49)55-20-12-21-57-56-18-7-9-24-62(56)71-66(55)57/h3-36,38-40,42,69H,2,41H2,1H3/b14-11-,61-23-. The molecule has 0 spiro atoms. The van der Waals surface area contributed by atoms with Crippen molar-refractivity contribution in [3.05, 3.63) is 265 Å². The number of thiophene rings is 1. The van der Waals surface area contributed by atoms with E-state index in [-0.39, 0.29) is 5.76 Å². The smallest absolute Gasteiger partial charge is 0.145 e. The Kier molecular flexibility index (Phi) is 10.3. The maximum absolute atomic E-state index is 11.4. The minimum absolute atomic E-state index is 0.230. The highest BCUT2D eigenvalue weighted by atomic mass is 32.1. The molecule has 8 aromatic carbocycles. The van der Waals surface area contributed by atoms with Crippen molar-refractivity contribution in [3.63, 3.8) is 0 Å². The molecular weight excluding hydrogens is 885 g/mol. The van der Waals surface area contributed by atoms with Crippen molar-refractivity contribution in [2.45, 2.75) is 13.3 Å². The molecule has 0 saturated carbocycles. The number of anilines is 3. The van der Waals surface area contributed by atoms with Crippen molar-refractivity contribution in [2.75, 3.05) is 4.90 Å². The number of para-hydroxylation sites is 1. The molecule has 2 aliphatic carbocycles. The van der Waals surface area contributed by atoms with E-state index in [1.165, 1.54) is 31.4 Å². The van der Waals surface area contributed by atoms with Crippen LogP contribution in [0.4, 0.5) is 17.1 Å². The largest absolute Gasteiger partial charge is 0.506 e. The molecule has 338 valence electrons. The Morgan fingerprint density at radius 2 is 1.30 bits per heavy atom. The van der Waals surface area contributed by atoms with E-state index >= 15 is 0 Å². The highest BCUT2D eigenvalue weighted by molar-refractivity contribution is 7.26. The third-order valence-electron chi connectivity index (χ3n) is 14.0. The average molecular weight is 931 g/mol. The maximum atomic E-state index is 11.4. The number of nitrogens with zero attached hydrogens (tertiary/aromatic N) is 2. The van der Waals surface area contributed by atoms with Crippen molar-refractivity contribution in [1.82, 2.24) is 4.57 Å². The Balaban J connectivity index is 0.882. The topological polar surface area (TPSA) is 37.6 Å². The minimum atomic E-state index is 0.230. The highest BCUT2D eigenvalue weighted by Gasteiger charge is 2.24. The molecule has 3 heterocycles. The first-order valence-corrected chi connectivity index (χ1v) is 24.9. The van der Waals surface area contributed by atoms with E-state index in [4.69, 9.17) is 4.74 Å². The highest BCUT2D eigenvalue weighted by Crippen LogP contribution is 2.46. The summed E-state index contributed by atoms with van der Waals surface area (Å²) in [6.07, 6.45) is 15.7.